The zero-order valence-corrected chi connectivity index (χ0v) is 13.9. The Hall–Kier alpha value is -1.50. The lowest BCUT2D eigenvalue weighted by atomic mass is 10.3. The van der Waals surface area contributed by atoms with Crippen LogP contribution in [0.3, 0.4) is 0 Å². The normalized spacial score (nSPS) is 18.3. The van der Waals surface area contributed by atoms with Gasteiger partial charge in [-0.1, -0.05) is 13.0 Å². The summed E-state index contributed by atoms with van der Waals surface area (Å²) in [5.41, 5.74) is 5.82. The molecule has 0 aromatic rings. The number of esters is 2. The topological polar surface area (TPSA) is 81.9 Å². The van der Waals surface area contributed by atoms with E-state index in [1.54, 1.807) is 6.08 Å². The lowest BCUT2D eigenvalue weighted by Crippen LogP contribution is -2.47. The molecule has 0 aliphatic carbocycles. The van der Waals surface area contributed by atoms with Gasteiger partial charge in [-0.15, -0.1) is 19.7 Å². The van der Waals surface area contributed by atoms with Gasteiger partial charge in [0.25, 0.3) is 0 Å². The third-order valence-electron chi connectivity index (χ3n) is 2.69. The highest BCUT2D eigenvalue weighted by molar-refractivity contribution is 5.92. The number of hydrogen-bond donors (Lipinski definition) is 1. The molecule has 2 rings (SSSR count). The molecule has 2 heterocycles. The summed E-state index contributed by atoms with van der Waals surface area (Å²) in [6.07, 6.45) is 3.54. The van der Waals surface area contributed by atoms with Crippen LogP contribution in [0.2, 0.25) is 0 Å². The molecule has 1 unspecified atom stereocenters. The molecule has 0 saturated carbocycles. The van der Waals surface area contributed by atoms with Crippen molar-refractivity contribution in [2.45, 2.75) is 39.3 Å². The first-order chi connectivity index (χ1) is 10.5. The fourth-order valence-corrected chi connectivity index (χ4v) is 1.60. The summed E-state index contributed by atoms with van der Waals surface area (Å²) in [4.78, 5) is 22.3. The summed E-state index contributed by atoms with van der Waals surface area (Å²) >= 11 is 0. The third-order valence-corrected chi connectivity index (χ3v) is 2.69. The van der Waals surface area contributed by atoms with Gasteiger partial charge >= 0.3 is 11.9 Å². The number of hydrogen-bond acceptors (Lipinski definition) is 6. The Morgan fingerprint density at radius 2 is 1.64 bits per heavy atom. The maximum Gasteiger partial charge on any atom is 0.314 e. The Morgan fingerprint density at radius 3 is 1.91 bits per heavy atom. The molecule has 2 aliphatic rings. The van der Waals surface area contributed by atoms with Gasteiger partial charge in [0, 0.05) is 13.1 Å². The molecular weight excluding hydrogens is 284 g/mol. The highest BCUT2D eigenvalue weighted by Crippen LogP contribution is 2.04. The molecule has 22 heavy (non-hydrogen) atoms. The van der Waals surface area contributed by atoms with E-state index in [1.807, 2.05) is 6.92 Å². The van der Waals surface area contributed by atoms with Gasteiger partial charge in [0.05, 0.1) is 32.2 Å². The zero-order valence-electron chi connectivity index (χ0n) is 13.9. The summed E-state index contributed by atoms with van der Waals surface area (Å²) in [5.74, 6) is -0.796. The Balaban J connectivity index is 0. The molecule has 2 aliphatic heterocycles. The average Bonchev–Trinajstić information content (AvgIpc) is 2.94. The van der Waals surface area contributed by atoms with Crippen LogP contribution in [-0.4, -0.2) is 49.3 Å². The quantitative estimate of drug-likeness (QED) is 0.476. The van der Waals surface area contributed by atoms with Gasteiger partial charge in [-0.25, -0.2) is 0 Å². The van der Waals surface area contributed by atoms with Crippen molar-refractivity contribution in [1.29, 1.82) is 0 Å². The molecule has 0 amide bonds. The van der Waals surface area contributed by atoms with Crippen LogP contribution in [-0.2, 0) is 19.1 Å². The van der Waals surface area contributed by atoms with Crippen LogP contribution in [0.1, 0.15) is 33.1 Å². The first-order valence-electron chi connectivity index (χ1n) is 7.43. The Labute approximate surface area is 133 Å². The predicted octanol–water partition coefficient (Wildman–Crippen LogP) is 1.86. The van der Waals surface area contributed by atoms with E-state index in [4.69, 9.17) is 10.5 Å². The van der Waals surface area contributed by atoms with Crippen molar-refractivity contribution in [3.8, 4) is 0 Å². The van der Waals surface area contributed by atoms with E-state index >= 15 is 0 Å². The SMILES string of the molecule is C=C.C=CC.CCC(N)N1CCOCC1.O=C1CCC(=O)O1. The van der Waals surface area contributed by atoms with E-state index < -0.39 is 11.9 Å². The van der Waals surface area contributed by atoms with Crippen LogP contribution in [0.15, 0.2) is 25.8 Å². The number of allylic oxidation sites excluding steroid dienone is 1. The lowest BCUT2D eigenvalue weighted by molar-refractivity contribution is -0.151. The molecule has 0 spiro atoms. The lowest BCUT2D eigenvalue weighted by Gasteiger charge is -2.31. The molecular formula is C16H30N2O4. The molecule has 6 heteroatoms. The number of rotatable bonds is 2. The second-order valence-corrected chi connectivity index (χ2v) is 4.38. The summed E-state index contributed by atoms with van der Waals surface area (Å²) in [5, 5.41) is 0. The van der Waals surface area contributed by atoms with E-state index in [0.29, 0.717) is 0 Å². The summed E-state index contributed by atoms with van der Waals surface area (Å²) in [7, 11) is 0. The molecule has 0 aromatic heterocycles. The van der Waals surface area contributed by atoms with Crippen molar-refractivity contribution in [2.75, 3.05) is 26.3 Å². The van der Waals surface area contributed by atoms with Gasteiger partial charge < -0.3 is 15.2 Å². The summed E-state index contributed by atoms with van der Waals surface area (Å²) in [6.45, 7) is 17.0. The Morgan fingerprint density at radius 1 is 1.23 bits per heavy atom. The standard InChI is InChI=1S/C7H16N2O.C4H4O3.C3H6.C2H4/c1-2-7(8)9-3-5-10-6-4-9;5-3-1-2-4(6)7-3;1-3-2;1-2/h7H,2-6,8H2,1H3;1-2H2;3H,1H2,2H3;1-2H2. The molecule has 6 nitrogen and oxygen atoms in total. The van der Waals surface area contributed by atoms with Crippen molar-refractivity contribution in [3.05, 3.63) is 25.8 Å². The fraction of sp³-hybridized carbons (Fsp3) is 0.625. The van der Waals surface area contributed by atoms with E-state index in [1.165, 1.54) is 0 Å². The van der Waals surface area contributed by atoms with Gasteiger partial charge in [0.2, 0.25) is 0 Å². The minimum atomic E-state index is -0.398. The average molecular weight is 314 g/mol. The van der Waals surface area contributed by atoms with Crippen LogP contribution < -0.4 is 5.73 Å². The minimum Gasteiger partial charge on any atom is -0.393 e. The maximum absolute atomic E-state index is 10.0. The van der Waals surface area contributed by atoms with Crippen LogP contribution in [0.25, 0.3) is 0 Å². The molecule has 0 radical (unpaired) electrons. The first-order valence-corrected chi connectivity index (χ1v) is 7.43. The minimum absolute atomic E-state index is 0.240. The zero-order chi connectivity index (χ0) is 17.4. The fourth-order valence-electron chi connectivity index (χ4n) is 1.60. The molecule has 0 bridgehead atoms. The predicted molar refractivity (Wildman–Crippen MR) is 88.1 cm³/mol. The number of morpholine rings is 1. The number of nitrogens with two attached hydrogens (primary N) is 1. The van der Waals surface area contributed by atoms with Gasteiger partial charge in [0.15, 0.2) is 0 Å². The van der Waals surface area contributed by atoms with E-state index in [2.05, 4.69) is 36.3 Å². The summed E-state index contributed by atoms with van der Waals surface area (Å²) < 4.78 is 9.28. The van der Waals surface area contributed by atoms with Gasteiger partial charge in [-0.3, -0.25) is 14.5 Å². The van der Waals surface area contributed by atoms with E-state index in [0.717, 1.165) is 32.7 Å². The van der Waals surface area contributed by atoms with Crippen LogP contribution >= 0.6 is 0 Å². The largest absolute Gasteiger partial charge is 0.393 e. The molecule has 0 aromatic carbocycles. The van der Waals surface area contributed by atoms with Gasteiger partial charge in [-0.05, 0) is 13.3 Å². The number of cyclic esters (lactones) is 2. The van der Waals surface area contributed by atoms with E-state index in [9.17, 15) is 9.59 Å². The van der Waals surface area contributed by atoms with Crippen LogP contribution in [0, 0.1) is 0 Å². The molecule has 1 atom stereocenters. The molecule has 2 fully saturated rings. The number of nitrogens with zero attached hydrogens (tertiary/aromatic N) is 1. The van der Waals surface area contributed by atoms with Gasteiger partial charge in [0.1, 0.15) is 0 Å². The van der Waals surface area contributed by atoms with Crippen LogP contribution in [0.4, 0.5) is 0 Å². The Kier molecular flexibility index (Phi) is 16.4. The highest BCUT2D eigenvalue weighted by atomic mass is 16.6. The van der Waals surface area contributed by atoms with Crippen molar-refractivity contribution in [3.63, 3.8) is 0 Å². The monoisotopic (exact) mass is 314 g/mol. The van der Waals surface area contributed by atoms with Crippen molar-refractivity contribution in [1.82, 2.24) is 4.90 Å². The van der Waals surface area contributed by atoms with E-state index in [-0.39, 0.29) is 19.0 Å². The number of carbonyl (C=O) groups is 2. The van der Waals surface area contributed by atoms with Crippen molar-refractivity contribution < 1.29 is 19.1 Å². The van der Waals surface area contributed by atoms with Crippen molar-refractivity contribution in [2.24, 2.45) is 5.73 Å². The molecule has 2 N–H and O–H groups in total. The first kappa shape index (κ1) is 22.8. The summed E-state index contributed by atoms with van der Waals surface area (Å²) in [6, 6.07) is 0. The van der Waals surface area contributed by atoms with Crippen molar-refractivity contribution >= 4 is 11.9 Å². The Bertz CT molecular complexity index is 301. The second kappa shape index (κ2) is 15.9. The number of ether oxygens (including phenoxy) is 2. The molecule has 2 saturated heterocycles. The smallest absolute Gasteiger partial charge is 0.314 e. The second-order valence-electron chi connectivity index (χ2n) is 4.38. The van der Waals surface area contributed by atoms with Gasteiger partial charge in [-0.2, -0.15) is 0 Å². The molecule has 128 valence electrons. The highest BCUT2D eigenvalue weighted by Gasteiger charge is 2.19. The maximum atomic E-state index is 10.0. The van der Waals surface area contributed by atoms with Crippen LogP contribution in [0.5, 0.6) is 0 Å². The number of carbonyl (C=O) groups excluding carboxylic acids is 2. The third kappa shape index (κ3) is 12.3.